The van der Waals surface area contributed by atoms with Gasteiger partial charge in [0, 0.05) is 15.6 Å². The van der Waals surface area contributed by atoms with Crippen LogP contribution >= 0.6 is 27.5 Å². The van der Waals surface area contributed by atoms with Crippen LogP contribution in [0.25, 0.3) is 6.08 Å². The lowest BCUT2D eigenvalue weighted by Crippen LogP contribution is -2.08. The highest BCUT2D eigenvalue weighted by atomic mass is 79.9. The minimum Gasteiger partial charge on any atom is -0.452 e. The number of halogens is 2. The number of allylic oxidation sites excluding steroid dienone is 1. The molecule has 0 spiro atoms. The van der Waals surface area contributed by atoms with Gasteiger partial charge in [-0.1, -0.05) is 45.7 Å². The van der Waals surface area contributed by atoms with Crippen molar-refractivity contribution < 1.29 is 19.1 Å². The number of esters is 1. The second-order valence-electron chi connectivity index (χ2n) is 6.02. The number of carbonyl (C=O) groups is 2. The van der Waals surface area contributed by atoms with E-state index >= 15 is 0 Å². The van der Waals surface area contributed by atoms with Gasteiger partial charge in [-0.05, 0) is 54.1 Å². The number of fused-ring (bicyclic) bond motifs is 1. The van der Waals surface area contributed by atoms with E-state index in [9.17, 15) is 9.59 Å². The molecule has 138 valence electrons. The average molecular weight is 456 g/mol. The molecule has 0 fully saturated rings. The maximum atomic E-state index is 12.6. The Kier molecular flexibility index (Phi) is 5.03. The number of ether oxygens (including phenoxy) is 2. The topological polar surface area (TPSA) is 52.6 Å². The van der Waals surface area contributed by atoms with Crippen molar-refractivity contribution >= 4 is 45.4 Å². The Morgan fingerprint density at radius 1 is 1.04 bits per heavy atom. The summed E-state index contributed by atoms with van der Waals surface area (Å²) in [7, 11) is 0. The lowest BCUT2D eigenvalue weighted by atomic mass is 10.1. The molecule has 1 heterocycles. The van der Waals surface area contributed by atoms with Crippen LogP contribution in [0.2, 0.25) is 5.02 Å². The average Bonchev–Trinajstić information content (AvgIpc) is 2.99. The van der Waals surface area contributed by atoms with E-state index in [0.29, 0.717) is 21.9 Å². The van der Waals surface area contributed by atoms with E-state index in [1.54, 1.807) is 42.5 Å². The first-order valence-corrected chi connectivity index (χ1v) is 9.49. The van der Waals surface area contributed by atoms with Crippen LogP contribution in [0.5, 0.6) is 11.5 Å². The van der Waals surface area contributed by atoms with Gasteiger partial charge in [0.15, 0.2) is 5.76 Å². The summed E-state index contributed by atoms with van der Waals surface area (Å²) in [6.45, 7) is 0. The fourth-order valence-electron chi connectivity index (χ4n) is 2.72. The molecule has 0 saturated carbocycles. The smallest absolute Gasteiger partial charge is 0.343 e. The highest BCUT2D eigenvalue weighted by molar-refractivity contribution is 9.10. The number of Topliss-reactive ketones (excluding diaryl/α,β-unsaturated/α-hetero) is 1. The summed E-state index contributed by atoms with van der Waals surface area (Å²) >= 11 is 9.27. The van der Waals surface area contributed by atoms with Crippen LogP contribution in [0.1, 0.15) is 26.3 Å². The van der Waals surface area contributed by atoms with E-state index in [1.165, 1.54) is 6.07 Å². The van der Waals surface area contributed by atoms with Gasteiger partial charge in [0.2, 0.25) is 5.78 Å². The second kappa shape index (κ2) is 7.62. The first-order chi connectivity index (χ1) is 13.5. The van der Waals surface area contributed by atoms with Crippen molar-refractivity contribution in [2.45, 2.75) is 0 Å². The molecular weight excluding hydrogens is 444 g/mol. The highest BCUT2D eigenvalue weighted by Crippen LogP contribution is 2.35. The molecule has 4 nitrogen and oxygen atoms in total. The van der Waals surface area contributed by atoms with Gasteiger partial charge in [-0.25, -0.2) is 4.79 Å². The van der Waals surface area contributed by atoms with Gasteiger partial charge in [-0.3, -0.25) is 4.79 Å². The van der Waals surface area contributed by atoms with Crippen molar-refractivity contribution in [2.24, 2.45) is 0 Å². The number of benzene rings is 3. The molecule has 0 bridgehead atoms. The molecule has 4 rings (SSSR count). The van der Waals surface area contributed by atoms with E-state index in [-0.39, 0.29) is 17.3 Å². The molecular formula is C22H12BrClO4. The number of ketones is 1. The fraction of sp³-hybridized carbons (Fsp3) is 0. The van der Waals surface area contributed by atoms with Gasteiger partial charge in [0.25, 0.3) is 0 Å². The minimum atomic E-state index is -0.523. The van der Waals surface area contributed by atoms with E-state index in [0.717, 1.165) is 10.0 Å². The van der Waals surface area contributed by atoms with Gasteiger partial charge < -0.3 is 9.47 Å². The summed E-state index contributed by atoms with van der Waals surface area (Å²) in [5, 5.41) is 0.533. The monoisotopic (exact) mass is 454 g/mol. The molecule has 3 aromatic rings. The Labute approximate surface area is 174 Å². The second-order valence-corrected chi connectivity index (χ2v) is 7.31. The summed E-state index contributed by atoms with van der Waals surface area (Å²) in [5.74, 6) is 0.104. The van der Waals surface area contributed by atoms with Crippen molar-refractivity contribution in [1.82, 2.24) is 0 Å². The predicted molar refractivity (Wildman–Crippen MR) is 110 cm³/mol. The molecule has 28 heavy (non-hydrogen) atoms. The summed E-state index contributed by atoms with van der Waals surface area (Å²) in [5.41, 5.74) is 1.62. The number of carbonyl (C=O) groups excluding carboxylic acids is 2. The first kappa shape index (κ1) is 18.5. The van der Waals surface area contributed by atoms with Crippen molar-refractivity contribution in [3.63, 3.8) is 0 Å². The summed E-state index contributed by atoms with van der Waals surface area (Å²) in [6.07, 6.45) is 1.67. The zero-order chi connectivity index (χ0) is 19.7. The van der Waals surface area contributed by atoms with Crippen LogP contribution < -0.4 is 9.47 Å². The summed E-state index contributed by atoms with van der Waals surface area (Å²) < 4.78 is 11.9. The van der Waals surface area contributed by atoms with Crippen molar-refractivity contribution in [1.29, 1.82) is 0 Å². The Morgan fingerprint density at radius 2 is 1.79 bits per heavy atom. The highest BCUT2D eigenvalue weighted by Gasteiger charge is 2.28. The zero-order valence-electron chi connectivity index (χ0n) is 14.3. The van der Waals surface area contributed by atoms with Crippen LogP contribution in [0.4, 0.5) is 0 Å². The Bertz CT molecular complexity index is 1120. The molecule has 6 heteroatoms. The molecule has 0 atom stereocenters. The molecule has 0 saturated heterocycles. The predicted octanol–water partition coefficient (Wildman–Crippen LogP) is 5.94. The fourth-order valence-corrected chi connectivity index (χ4v) is 3.24. The molecule has 0 aromatic heterocycles. The van der Waals surface area contributed by atoms with Gasteiger partial charge in [0.05, 0.1) is 11.1 Å². The van der Waals surface area contributed by atoms with Gasteiger partial charge in [-0.15, -0.1) is 0 Å². The molecule has 1 aliphatic heterocycles. The van der Waals surface area contributed by atoms with E-state index in [1.807, 2.05) is 24.3 Å². The molecule has 0 amide bonds. The SMILES string of the molecule is O=C(Oc1ccc2c(c1)O/C(=C\c1ccccc1Br)C2=O)c1ccc(Cl)cc1. The zero-order valence-corrected chi connectivity index (χ0v) is 16.7. The van der Waals surface area contributed by atoms with E-state index < -0.39 is 5.97 Å². The lowest BCUT2D eigenvalue weighted by Gasteiger charge is -2.06. The third-order valence-corrected chi connectivity index (χ3v) is 5.10. The molecule has 0 aliphatic carbocycles. The number of hydrogen-bond acceptors (Lipinski definition) is 4. The molecule has 3 aromatic carbocycles. The Morgan fingerprint density at radius 3 is 2.54 bits per heavy atom. The Balaban J connectivity index is 1.56. The third-order valence-electron chi connectivity index (χ3n) is 4.12. The number of rotatable bonds is 3. The van der Waals surface area contributed by atoms with Gasteiger partial charge in [0.1, 0.15) is 11.5 Å². The maximum Gasteiger partial charge on any atom is 0.343 e. The van der Waals surface area contributed by atoms with Crippen LogP contribution in [0.3, 0.4) is 0 Å². The molecule has 0 radical (unpaired) electrons. The van der Waals surface area contributed by atoms with Crippen LogP contribution in [0, 0.1) is 0 Å². The van der Waals surface area contributed by atoms with Crippen LogP contribution in [-0.4, -0.2) is 11.8 Å². The van der Waals surface area contributed by atoms with Crippen LogP contribution in [-0.2, 0) is 0 Å². The molecule has 0 unspecified atom stereocenters. The first-order valence-electron chi connectivity index (χ1n) is 8.32. The van der Waals surface area contributed by atoms with Crippen molar-refractivity contribution in [3.8, 4) is 11.5 Å². The van der Waals surface area contributed by atoms with Gasteiger partial charge in [-0.2, -0.15) is 0 Å². The lowest BCUT2D eigenvalue weighted by molar-refractivity contribution is 0.0734. The molecule has 1 aliphatic rings. The summed E-state index contributed by atoms with van der Waals surface area (Å²) in [4.78, 5) is 24.8. The minimum absolute atomic E-state index is 0.211. The van der Waals surface area contributed by atoms with E-state index in [4.69, 9.17) is 21.1 Å². The van der Waals surface area contributed by atoms with Crippen molar-refractivity contribution in [3.05, 3.63) is 98.7 Å². The standard InChI is InChI=1S/C22H12BrClO4/c23-18-4-2-1-3-14(18)11-20-21(25)17-10-9-16(12-19(17)28-20)27-22(26)13-5-7-15(24)8-6-13/h1-12H/b20-11-. The van der Waals surface area contributed by atoms with Crippen LogP contribution in [0.15, 0.2) is 77.0 Å². The quantitative estimate of drug-likeness (QED) is 0.279. The van der Waals surface area contributed by atoms with E-state index in [2.05, 4.69) is 15.9 Å². The normalized spacial score (nSPS) is 13.9. The Hall–Kier alpha value is -2.89. The van der Waals surface area contributed by atoms with Gasteiger partial charge >= 0.3 is 5.97 Å². The maximum absolute atomic E-state index is 12.6. The summed E-state index contributed by atoms with van der Waals surface area (Å²) in [6, 6.07) is 18.6. The van der Waals surface area contributed by atoms with Crippen molar-refractivity contribution in [2.75, 3.05) is 0 Å². The largest absolute Gasteiger partial charge is 0.452 e. The molecule has 0 N–H and O–H groups in total. The number of hydrogen-bond donors (Lipinski definition) is 0. The third kappa shape index (κ3) is 3.72.